The maximum Gasteiger partial charge on any atom is 0.242 e. The fourth-order valence-corrected chi connectivity index (χ4v) is 5.26. The van der Waals surface area contributed by atoms with Crippen LogP contribution in [0, 0.1) is 5.82 Å². The minimum atomic E-state index is -0.234. The highest BCUT2D eigenvalue weighted by Crippen LogP contribution is 2.24. The Labute approximate surface area is 226 Å². The summed E-state index contributed by atoms with van der Waals surface area (Å²) in [6, 6.07) is 24.7. The molecule has 3 aromatic carbocycles. The Hall–Kier alpha value is -3.98. The SMILES string of the molecule is COc1cccc(Cc2nsc(N(CC(=O)N3CCN(c4ccccc4F)CC3)Cc3ccccc3)n2)c1. The van der Waals surface area contributed by atoms with Crippen molar-refractivity contribution >= 4 is 28.3 Å². The summed E-state index contributed by atoms with van der Waals surface area (Å²) in [5, 5.41) is 0.713. The number of hydrogen-bond donors (Lipinski definition) is 0. The minimum absolute atomic E-state index is 0.0265. The van der Waals surface area contributed by atoms with Crippen molar-refractivity contribution in [3.63, 3.8) is 0 Å². The molecule has 4 aromatic rings. The van der Waals surface area contributed by atoms with E-state index >= 15 is 0 Å². The molecule has 0 spiro atoms. The Kier molecular flexibility index (Phi) is 8.13. The fourth-order valence-electron chi connectivity index (χ4n) is 4.57. The van der Waals surface area contributed by atoms with Crippen molar-refractivity contribution in [3.8, 4) is 5.75 Å². The summed E-state index contributed by atoms with van der Waals surface area (Å²) < 4.78 is 24.1. The Morgan fingerprint density at radius 3 is 2.47 bits per heavy atom. The van der Waals surface area contributed by atoms with Gasteiger partial charge in [-0.15, -0.1) is 0 Å². The van der Waals surface area contributed by atoms with Crippen molar-refractivity contribution in [3.05, 3.63) is 102 Å². The molecule has 9 heteroatoms. The molecule has 0 N–H and O–H groups in total. The lowest BCUT2D eigenvalue weighted by Gasteiger charge is -2.37. The van der Waals surface area contributed by atoms with Gasteiger partial charge in [-0.3, -0.25) is 4.79 Å². The second-order valence-electron chi connectivity index (χ2n) is 9.18. The van der Waals surface area contributed by atoms with E-state index in [0.717, 1.165) is 16.9 Å². The van der Waals surface area contributed by atoms with Gasteiger partial charge in [-0.25, -0.2) is 9.37 Å². The molecule has 1 aromatic heterocycles. The molecule has 0 unspecified atom stereocenters. The first-order valence-electron chi connectivity index (χ1n) is 12.6. The fraction of sp³-hybridized carbons (Fsp3) is 0.276. The van der Waals surface area contributed by atoms with Crippen molar-refractivity contribution in [1.29, 1.82) is 0 Å². The van der Waals surface area contributed by atoms with Crippen molar-refractivity contribution in [2.24, 2.45) is 0 Å². The number of para-hydroxylation sites is 1. The summed E-state index contributed by atoms with van der Waals surface area (Å²) in [6.45, 7) is 3.02. The normalized spacial score (nSPS) is 13.4. The highest BCUT2D eigenvalue weighted by Gasteiger charge is 2.25. The van der Waals surface area contributed by atoms with Crippen molar-refractivity contribution in [1.82, 2.24) is 14.3 Å². The molecule has 5 rings (SSSR count). The first kappa shape index (κ1) is 25.7. The number of benzene rings is 3. The smallest absolute Gasteiger partial charge is 0.242 e. The maximum atomic E-state index is 14.2. The zero-order chi connectivity index (χ0) is 26.3. The van der Waals surface area contributed by atoms with Crippen LogP contribution in [0.1, 0.15) is 17.0 Å². The van der Waals surface area contributed by atoms with Crippen LogP contribution in [0.2, 0.25) is 0 Å². The molecule has 1 aliphatic rings. The number of hydrogen-bond acceptors (Lipinski definition) is 7. The van der Waals surface area contributed by atoms with Gasteiger partial charge in [-0.1, -0.05) is 54.6 Å². The molecule has 0 bridgehead atoms. The number of aromatic nitrogens is 2. The number of piperazine rings is 1. The first-order valence-corrected chi connectivity index (χ1v) is 13.4. The van der Waals surface area contributed by atoms with Gasteiger partial charge >= 0.3 is 0 Å². The largest absolute Gasteiger partial charge is 0.497 e. The number of anilines is 2. The van der Waals surface area contributed by atoms with E-state index in [4.69, 9.17) is 9.72 Å². The van der Waals surface area contributed by atoms with Gasteiger partial charge in [0.2, 0.25) is 11.0 Å². The molecular formula is C29H30FN5O2S. The van der Waals surface area contributed by atoms with Gasteiger partial charge in [0.25, 0.3) is 0 Å². The average Bonchev–Trinajstić information content (AvgIpc) is 3.42. The van der Waals surface area contributed by atoms with Crippen LogP contribution >= 0.6 is 11.5 Å². The van der Waals surface area contributed by atoms with E-state index in [1.54, 1.807) is 19.2 Å². The lowest BCUT2D eigenvalue weighted by molar-refractivity contribution is -0.130. The highest BCUT2D eigenvalue weighted by atomic mass is 32.1. The molecule has 0 radical (unpaired) electrons. The molecule has 1 amide bonds. The molecule has 7 nitrogen and oxygen atoms in total. The molecule has 1 saturated heterocycles. The number of carbonyl (C=O) groups is 1. The molecule has 0 atom stereocenters. The summed E-state index contributed by atoms with van der Waals surface area (Å²) in [6.07, 6.45) is 0.582. The average molecular weight is 532 g/mol. The van der Waals surface area contributed by atoms with Gasteiger partial charge in [0.05, 0.1) is 19.3 Å². The summed E-state index contributed by atoms with van der Waals surface area (Å²) in [5.41, 5.74) is 2.74. The standard InChI is InChI=1S/C29H30FN5O2S/c1-37-24-11-7-10-23(18-24)19-27-31-29(38-32-27)35(20-22-8-3-2-4-9-22)21-28(36)34-16-14-33(15-17-34)26-13-6-5-12-25(26)30/h2-13,18H,14-17,19-21H2,1H3. The molecule has 196 valence electrons. The molecule has 1 aliphatic heterocycles. The zero-order valence-corrected chi connectivity index (χ0v) is 22.1. The summed E-state index contributed by atoms with van der Waals surface area (Å²) in [7, 11) is 1.65. The number of methoxy groups -OCH3 is 1. The summed E-state index contributed by atoms with van der Waals surface area (Å²) in [5.74, 6) is 1.30. The molecular weight excluding hydrogens is 501 g/mol. The van der Waals surface area contributed by atoms with Gasteiger partial charge in [-0.05, 0) is 35.4 Å². The quantitative estimate of drug-likeness (QED) is 0.314. The molecule has 0 aliphatic carbocycles. The van der Waals surface area contributed by atoms with E-state index in [1.807, 2.05) is 75.4 Å². The lowest BCUT2D eigenvalue weighted by Crippen LogP contribution is -2.51. The van der Waals surface area contributed by atoms with Crippen molar-refractivity contribution in [2.75, 3.05) is 49.6 Å². The van der Waals surface area contributed by atoms with Crippen LogP contribution in [-0.4, -0.2) is 60.0 Å². The van der Waals surface area contributed by atoms with Crippen LogP contribution in [0.5, 0.6) is 5.75 Å². The van der Waals surface area contributed by atoms with E-state index in [1.165, 1.54) is 17.6 Å². The van der Waals surface area contributed by atoms with Gasteiger partial charge in [0.15, 0.2) is 0 Å². The van der Waals surface area contributed by atoms with E-state index in [-0.39, 0.29) is 18.3 Å². The van der Waals surface area contributed by atoms with Crippen LogP contribution in [0.15, 0.2) is 78.9 Å². The van der Waals surface area contributed by atoms with Crippen LogP contribution < -0.4 is 14.5 Å². The Bertz CT molecular complexity index is 1360. The van der Waals surface area contributed by atoms with E-state index in [2.05, 4.69) is 4.37 Å². The van der Waals surface area contributed by atoms with Gasteiger partial charge < -0.3 is 19.4 Å². The monoisotopic (exact) mass is 531 g/mol. The van der Waals surface area contributed by atoms with Gasteiger partial charge in [-0.2, -0.15) is 4.37 Å². The van der Waals surface area contributed by atoms with Crippen LogP contribution in [0.3, 0.4) is 0 Å². The predicted octanol–water partition coefficient (Wildman–Crippen LogP) is 4.63. The zero-order valence-electron chi connectivity index (χ0n) is 21.3. The molecule has 0 saturated carbocycles. The third-order valence-corrected chi connectivity index (χ3v) is 7.41. The Balaban J connectivity index is 1.27. The second-order valence-corrected chi connectivity index (χ2v) is 9.91. The number of nitrogens with zero attached hydrogens (tertiary/aromatic N) is 5. The second kappa shape index (κ2) is 12.0. The van der Waals surface area contributed by atoms with Crippen LogP contribution in [0.4, 0.5) is 15.2 Å². The van der Waals surface area contributed by atoms with Crippen LogP contribution in [0.25, 0.3) is 0 Å². The van der Waals surface area contributed by atoms with Gasteiger partial charge in [0.1, 0.15) is 17.4 Å². The molecule has 1 fully saturated rings. The highest BCUT2D eigenvalue weighted by molar-refractivity contribution is 7.09. The van der Waals surface area contributed by atoms with Crippen molar-refractivity contribution in [2.45, 2.75) is 13.0 Å². The van der Waals surface area contributed by atoms with Gasteiger partial charge in [0, 0.05) is 50.7 Å². The third kappa shape index (κ3) is 6.28. The number of rotatable bonds is 9. The number of halogens is 1. The number of carbonyl (C=O) groups excluding carboxylic acids is 1. The van der Waals surface area contributed by atoms with Crippen molar-refractivity contribution < 1.29 is 13.9 Å². The topological polar surface area (TPSA) is 61.8 Å². The first-order chi connectivity index (χ1) is 18.6. The van der Waals surface area contributed by atoms with Crippen LogP contribution in [-0.2, 0) is 17.8 Å². The number of amides is 1. The minimum Gasteiger partial charge on any atom is -0.497 e. The van der Waals surface area contributed by atoms with E-state index in [9.17, 15) is 9.18 Å². The third-order valence-electron chi connectivity index (χ3n) is 6.59. The van der Waals surface area contributed by atoms with E-state index in [0.29, 0.717) is 55.8 Å². The molecule has 38 heavy (non-hydrogen) atoms. The Morgan fingerprint density at radius 1 is 0.974 bits per heavy atom. The Morgan fingerprint density at radius 2 is 1.71 bits per heavy atom. The summed E-state index contributed by atoms with van der Waals surface area (Å²) >= 11 is 1.31. The lowest BCUT2D eigenvalue weighted by atomic mass is 10.1. The number of ether oxygens (including phenoxy) is 1. The van der Waals surface area contributed by atoms with E-state index < -0.39 is 0 Å². The molecule has 2 heterocycles. The maximum absolute atomic E-state index is 14.2. The predicted molar refractivity (Wildman–Crippen MR) is 148 cm³/mol. The summed E-state index contributed by atoms with van der Waals surface area (Å²) in [4.78, 5) is 24.0.